The van der Waals surface area contributed by atoms with Gasteiger partial charge >= 0.3 is 6.09 Å². The maximum Gasteiger partial charge on any atom is 0.407 e. The number of hydrogen-bond donors (Lipinski definition) is 2. The Hall–Kier alpha value is -2.61. The van der Waals surface area contributed by atoms with Crippen LogP contribution in [-0.2, 0) is 14.3 Å². The molecular formula is C21H33FN2O5. The van der Waals surface area contributed by atoms with E-state index in [0.717, 1.165) is 5.56 Å². The molecule has 1 fully saturated rings. The van der Waals surface area contributed by atoms with E-state index in [1.165, 1.54) is 18.2 Å². The SMILES string of the molecule is C=CC(=O)NC1CC(OC(=O)NCCOCCOc2cc(F)ccc2C(C)C)C1.[HH].[HH]. The topological polar surface area (TPSA) is 85.9 Å². The maximum atomic E-state index is 13.4. The van der Waals surface area contributed by atoms with Crippen molar-refractivity contribution in [1.29, 1.82) is 0 Å². The first-order valence-electron chi connectivity index (χ1n) is 9.76. The Bertz CT molecular complexity index is 715. The summed E-state index contributed by atoms with van der Waals surface area (Å²) >= 11 is 0. The molecule has 1 saturated carbocycles. The zero-order valence-corrected chi connectivity index (χ0v) is 16.9. The Morgan fingerprint density at radius 2 is 2.07 bits per heavy atom. The number of halogens is 1. The lowest BCUT2D eigenvalue weighted by Gasteiger charge is -2.34. The molecule has 29 heavy (non-hydrogen) atoms. The molecule has 2 rings (SSSR count). The average molecular weight is 413 g/mol. The van der Waals surface area contributed by atoms with Gasteiger partial charge < -0.3 is 24.8 Å². The summed E-state index contributed by atoms with van der Waals surface area (Å²) in [5, 5.41) is 5.35. The molecule has 1 aromatic carbocycles. The Kier molecular flexibility index (Phi) is 8.92. The molecule has 0 aliphatic heterocycles. The molecule has 1 aromatic rings. The molecule has 1 aliphatic carbocycles. The van der Waals surface area contributed by atoms with Crippen molar-refractivity contribution in [2.75, 3.05) is 26.4 Å². The first kappa shape index (κ1) is 22.7. The van der Waals surface area contributed by atoms with E-state index < -0.39 is 6.09 Å². The average Bonchev–Trinajstić information content (AvgIpc) is 2.65. The van der Waals surface area contributed by atoms with Crippen molar-refractivity contribution in [1.82, 2.24) is 10.6 Å². The van der Waals surface area contributed by atoms with E-state index in [4.69, 9.17) is 14.2 Å². The van der Waals surface area contributed by atoms with Gasteiger partial charge in [-0.2, -0.15) is 0 Å². The van der Waals surface area contributed by atoms with E-state index in [1.807, 2.05) is 13.8 Å². The Morgan fingerprint density at radius 3 is 2.76 bits per heavy atom. The van der Waals surface area contributed by atoms with Crippen molar-refractivity contribution >= 4 is 12.0 Å². The fourth-order valence-electron chi connectivity index (χ4n) is 2.88. The standard InChI is InChI=1S/C21H29FN2O5.2H2/c1-4-20(25)24-16-12-17(13-16)29-21(26)23-7-8-27-9-10-28-19-11-15(22)5-6-18(19)14(2)3;;/h4-6,11,14,16-17H,1,7-10,12-13H2,2-3H3,(H,23,26)(H,24,25);2*1H. The van der Waals surface area contributed by atoms with E-state index in [0.29, 0.717) is 38.3 Å². The van der Waals surface area contributed by atoms with Gasteiger partial charge in [0.15, 0.2) is 0 Å². The number of hydrogen-bond acceptors (Lipinski definition) is 5. The Morgan fingerprint density at radius 1 is 1.31 bits per heavy atom. The lowest BCUT2D eigenvalue weighted by atomic mass is 9.89. The van der Waals surface area contributed by atoms with Gasteiger partial charge in [0.1, 0.15) is 24.3 Å². The monoisotopic (exact) mass is 412 g/mol. The van der Waals surface area contributed by atoms with Crippen LogP contribution in [0.25, 0.3) is 0 Å². The van der Waals surface area contributed by atoms with Crippen molar-refractivity contribution in [3.05, 3.63) is 42.2 Å². The molecule has 0 aromatic heterocycles. The summed E-state index contributed by atoms with van der Waals surface area (Å²) in [7, 11) is 0. The molecule has 7 nitrogen and oxygen atoms in total. The van der Waals surface area contributed by atoms with Crippen molar-refractivity contribution < 1.29 is 31.0 Å². The zero-order valence-electron chi connectivity index (χ0n) is 16.9. The van der Waals surface area contributed by atoms with E-state index in [-0.39, 0.29) is 39.2 Å². The van der Waals surface area contributed by atoms with E-state index in [1.54, 1.807) is 6.07 Å². The smallest absolute Gasteiger partial charge is 0.407 e. The van der Waals surface area contributed by atoms with Crippen LogP contribution in [0, 0.1) is 5.82 Å². The van der Waals surface area contributed by atoms with Gasteiger partial charge in [-0.1, -0.05) is 26.5 Å². The summed E-state index contributed by atoms with van der Waals surface area (Å²) in [6.45, 7) is 8.63. The molecule has 164 valence electrons. The predicted molar refractivity (Wildman–Crippen MR) is 111 cm³/mol. The highest BCUT2D eigenvalue weighted by molar-refractivity contribution is 5.87. The second kappa shape index (κ2) is 11.4. The van der Waals surface area contributed by atoms with Crippen LogP contribution < -0.4 is 15.4 Å². The molecule has 0 saturated heterocycles. The minimum atomic E-state index is -0.510. The second-order valence-electron chi connectivity index (χ2n) is 7.13. The van der Waals surface area contributed by atoms with Gasteiger partial charge in [0.05, 0.1) is 13.2 Å². The molecule has 8 heteroatoms. The molecule has 0 unspecified atom stereocenters. The molecule has 0 atom stereocenters. The van der Waals surface area contributed by atoms with Crippen LogP contribution in [0.3, 0.4) is 0 Å². The summed E-state index contributed by atoms with van der Waals surface area (Å²) in [6.07, 6.45) is 1.71. The van der Waals surface area contributed by atoms with Crippen molar-refractivity contribution in [2.45, 2.75) is 44.8 Å². The van der Waals surface area contributed by atoms with Gasteiger partial charge in [0.25, 0.3) is 0 Å². The third kappa shape index (κ3) is 7.73. The summed E-state index contributed by atoms with van der Waals surface area (Å²) in [5.41, 5.74) is 0.943. The number of amides is 2. The second-order valence-corrected chi connectivity index (χ2v) is 7.13. The number of benzene rings is 1. The summed E-state index contributed by atoms with van der Waals surface area (Å²) < 4.78 is 29.6. The number of nitrogens with one attached hydrogen (secondary N) is 2. The summed E-state index contributed by atoms with van der Waals surface area (Å²) in [6, 6.07) is 4.55. The van der Waals surface area contributed by atoms with Crippen LogP contribution >= 0.6 is 0 Å². The number of rotatable bonds is 11. The molecule has 1 aliphatic rings. The van der Waals surface area contributed by atoms with Crippen molar-refractivity contribution in [3.63, 3.8) is 0 Å². The van der Waals surface area contributed by atoms with E-state index in [2.05, 4.69) is 17.2 Å². The third-order valence-electron chi connectivity index (χ3n) is 4.50. The van der Waals surface area contributed by atoms with Gasteiger partial charge in [-0.25, -0.2) is 9.18 Å². The van der Waals surface area contributed by atoms with Crippen molar-refractivity contribution in [3.8, 4) is 5.75 Å². The fourth-order valence-corrected chi connectivity index (χ4v) is 2.88. The largest absolute Gasteiger partial charge is 0.491 e. The molecule has 0 spiro atoms. The Labute approximate surface area is 173 Å². The molecule has 2 N–H and O–H groups in total. The van der Waals surface area contributed by atoms with Gasteiger partial charge in [-0.05, 0) is 23.6 Å². The zero-order chi connectivity index (χ0) is 21.2. The predicted octanol–water partition coefficient (Wildman–Crippen LogP) is 3.40. The highest BCUT2D eigenvalue weighted by Crippen LogP contribution is 2.27. The highest BCUT2D eigenvalue weighted by atomic mass is 19.1. The maximum absolute atomic E-state index is 13.4. The number of ether oxygens (including phenoxy) is 3. The first-order valence-corrected chi connectivity index (χ1v) is 9.76. The van der Waals surface area contributed by atoms with Gasteiger partial charge in [0.2, 0.25) is 5.91 Å². The highest BCUT2D eigenvalue weighted by Gasteiger charge is 2.32. The number of carbonyl (C=O) groups excluding carboxylic acids is 2. The lowest BCUT2D eigenvalue weighted by Crippen LogP contribution is -2.49. The van der Waals surface area contributed by atoms with Crippen LogP contribution in [0.2, 0.25) is 0 Å². The van der Waals surface area contributed by atoms with E-state index in [9.17, 15) is 14.0 Å². The van der Waals surface area contributed by atoms with Gasteiger partial charge in [-0.15, -0.1) is 0 Å². The Balaban J connectivity index is 0.00000450. The lowest BCUT2D eigenvalue weighted by molar-refractivity contribution is -0.118. The molecule has 0 radical (unpaired) electrons. The molecule has 0 heterocycles. The van der Waals surface area contributed by atoms with Gasteiger partial charge in [-0.3, -0.25) is 4.79 Å². The summed E-state index contributed by atoms with van der Waals surface area (Å²) in [5.74, 6) is 0.185. The summed E-state index contributed by atoms with van der Waals surface area (Å²) in [4.78, 5) is 22.8. The van der Waals surface area contributed by atoms with Crippen LogP contribution in [0.1, 0.15) is 41.0 Å². The third-order valence-corrected chi connectivity index (χ3v) is 4.50. The van der Waals surface area contributed by atoms with Crippen molar-refractivity contribution in [2.24, 2.45) is 0 Å². The minimum Gasteiger partial charge on any atom is -0.491 e. The van der Waals surface area contributed by atoms with E-state index >= 15 is 0 Å². The van der Waals surface area contributed by atoms with Crippen LogP contribution in [0.4, 0.5) is 9.18 Å². The fraction of sp³-hybridized carbons (Fsp3) is 0.524. The van der Waals surface area contributed by atoms with Gasteiger partial charge in [0, 0.05) is 34.3 Å². The van der Waals surface area contributed by atoms with Crippen LogP contribution in [0.5, 0.6) is 5.75 Å². The number of carbonyl (C=O) groups is 2. The minimum absolute atomic E-state index is 0. The molecule has 0 bridgehead atoms. The number of alkyl carbamates (subject to hydrolysis) is 1. The van der Waals surface area contributed by atoms with Crippen LogP contribution in [-0.4, -0.2) is 50.5 Å². The van der Waals surface area contributed by atoms with Crippen LogP contribution in [0.15, 0.2) is 30.9 Å². The molecular weight excluding hydrogens is 379 g/mol. The first-order chi connectivity index (χ1) is 13.9. The normalized spacial score (nSPS) is 17.9. The molecule has 2 amide bonds. The quantitative estimate of drug-likeness (QED) is 0.430.